The van der Waals surface area contributed by atoms with Crippen molar-refractivity contribution in [1.29, 1.82) is 0 Å². The fourth-order valence-electron chi connectivity index (χ4n) is 5.43. The summed E-state index contributed by atoms with van der Waals surface area (Å²) in [5.41, 5.74) is 3.96. The molecule has 1 fully saturated rings. The molecule has 0 bridgehead atoms. The van der Waals surface area contributed by atoms with Gasteiger partial charge in [0.2, 0.25) is 0 Å². The van der Waals surface area contributed by atoms with Gasteiger partial charge in [0.15, 0.2) is 0 Å². The molecule has 1 aliphatic rings. The standard InChI is InChI=1S/C35H39F/c1-3-5-7-9-27-10-12-28(13-11-27)14-15-29-16-18-30(19-17-29)20-22-32-23-24-33-26-31(8-6-4-2)21-25-34(33)35(32)36/h3-5,16-19,21,23-28H,2,6-15H2,1H3/b5-3+. The van der Waals surface area contributed by atoms with Crippen molar-refractivity contribution in [3.63, 3.8) is 0 Å². The molecule has 0 heterocycles. The lowest BCUT2D eigenvalue weighted by Gasteiger charge is -2.28. The monoisotopic (exact) mass is 478 g/mol. The van der Waals surface area contributed by atoms with Crippen LogP contribution >= 0.6 is 0 Å². The SMILES string of the molecule is C=CCCc1ccc2c(F)c(C#Cc3ccc(CCC4CCC(CC/C=C/C)CC4)cc3)ccc2c1. The van der Waals surface area contributed by atoms with Crippen LogP contribution in [0.5, 0.6) is 0 Å². The maximum atomic E-state index is 15.1. The summed E-state index contributed by atoms with van der Waals surface area (Å²) in [5.74, 6) is 7.78. The smallest absolute Gasteiger partial charge is 0.146 e. The lowest BCUT2D eigenvalue weighted by Crippen LogP contribution is -2.15. The lowest BCUT2D eigenvalue weighted by molar-refractivity contribution is 0.254. The number of halogens is 1. The van der Waals surface area contributed by atoms with Gasteiger partial charge in [0.05, 0.1) is 5.56 Å². The number of fused-ring (bicyclic) bond motifs is 1. The molecule has 0 N–H and O–H groups in total. The summed E-state index contributed by atoms with van der Waals surface area (Å²) in [4.78, 5) is 0. The van der Waals surface area contributed by atoms with E-state index >= 15 is 4.39 Å². The minimum absolute atomic E-state index is 0.233. The van der Waals surface area contributed by atoms with Gasteiger partial charge in [0.1, 0.15) is 5.82 Å². The van der Waals surface area contributed by atoms with Gasteiger partial charge in [-0.3, -0.25) is 0 Å². The molecular formula is C35H39F. The predicted molar refractivity (Wildman–Crippen MR) is 153 cm³/mol. The van der Waals surface area contributed by atoms with Gasteiger partial charge in [-0.2, -0.15) is 0 Å². The van der Waals surface area contributed by atoms with E-state index in [1.807, 2.05) is 24.3 Å². The highest BCUT2D eigenvalue weighted by atomic mass is 19.1. The third-order valence-corrected chi connectivity index (χ3v) is 7.74. The Morgan fingerprint density at radius 2 is 1.56 bits per heavy atom. The van der Waals surface area contributed by atoms with Crippen molar-refractivity contribution < 1.29 is 4.39 Å². The van der Waals surface area contributed by atoms with Crippen molar-refractivity contribution in [2.24, 2.45) is 11.8 Å². The van der Waals surface area contributed by atoms with E-state index in [0.717, 1.165) is 42.0 Å². The Labute approximate surface area is 217 Å². The minimum Gasteiger partial charge on any atom is -0.205 e. The van der Waals surface area contributed by atoms with E-state index in [-0.39, 0.29) is 5.82 Å². The van der Waals surface area contributed by atoms with Crippen molar-refractivity contribution >= 4 is 10.8 Å². The normalized spacial score (nSPS) is 17.7. The highest BCUT2D eigenvalue weighted by Gasteiger charge is 2.20. The van der Waals surface area contributed by atoms with Gasteiger partial charge in [-0.15, -0.1) is 6.58 Å². The van der Waals surface area contributed by atoms with Crippen LogP contribution in [0, 0.1) is 29.5 Å². The second-order valence-electron chi connectivity index (χ2n) is 10.3. The van der Waals surface area contributed by atoms with Crippen molar-refractivity contribution in [1.82, 2.24) is 0 Å². The second kappa shape index (κ2) is 13.3. The fraction of sp³-hybridized carbons (Fsp3) is 0.371. The van der Waals surface area contributed by atoms with Gasteiger partial charge in [0, 0.05) is 10.9 Å². The van der Waals surface area contributed by atoms with Crippen LogP contribution in [0.15, 0.2) is 79.4 Å². The minimum atomic E-state index is -0.233. The summed E-state index contributed by atoms with van der Waals surface area (Å²) < 4.78 is 15.1. The van der Waals surface area contributed by atoms with E-state index in [2.05, 4.69) is 67.8 Å². The number of aryl methyl sites for hydroxylation is 2. The molecule has 0 aliphatic heterocycles. The Morgan fingerprint density at radius 3 is 2.28 bits per heavy atom. The summed E-state index contributed by atoms with van der Waals surface area (Å²) >= 11 is 0. The molecule has 0 spiro atoms. The maximum Gasteiger partial charge on any atom is 0.146 e. The van der Waals surface area contributed by atoms with Crippen molar-refractivity contribution in [2.75, 3.05) is 0 Å². The first-order chi connectivity index (χ1) is 17.7. The highest BCUT2D eigenvalue weighted by molar-refractivity contribution is 5.85. The van der Waals surface area contributed by atoms with Crippen LogP contribution in [0.3, 0.4) is 0 Å². The summed E-state index contributed by atoms with van der Waals surface area (Å²) in [6, 6.07) is 18.2. The van der Waals surface area contributed by atoms with E-state index in [0.29, 0.717) is 10.9 Å². The molecule has 0 aromatic heterocycles. The quantitative estimate of drug-likeness (QED) is 0.212. The Morgan fingerprint density at radius 1 is 0.833 bits per heavy atom. The summed E-state index contributed by atoms with van der Waals surface area (Å²) in [7, 11) is 0. The number of hydrogen-bond donors (Lipinski definition) is 0. The second-order valence-corrected chi connectivity index (χ2v) is 10.3. The van der Waals surface area contributed by atoms with Crippen molar-refractivity contribution in [3.05, 3.63) is 107 Å². The average molecular weight is 479 g/mol. The van der Waals surface area contributed by atoms with Gasteiger partial charge in [-0.1, -0.05) is 92.2 Å². The van der Waals surface area contributed by atoms with Gasteiger partial charge in [-0.05, 0) is 92.0 Å². The van der Waals surface area contributed by atoms with Gasteiger partial charge in [0.25, 0.3) is 0 Å². The number of allylic oxidation sites excluding steroid dienone is 3. The van der Waals surface area contributed by atoms with Crippen molar-refractivity contribution in [2.45, 2.75) is 71.1 Å². The summed E-state index contributed by atoms with van der Waals surface area (Å²) in [6.45, 7) is 5.89. The first-order valence-corrected chi connectivity index (χ1v) is 13.7. The summed E-state index contributed by atoms with van der Waals surface area (Å²) in [5, 5.41) is 1.55. The third-order valence-electron chi connectivity index (χ3n) is 7.74. The Hall–Kier alpha value is -3.11. The molecule has 4 rings (SSSR count). The molecule has 1 saturated carbocycles. The average Bonchev–Trinajstić information content (AvgIpc) is 2.92. The predicted octanol–water partition coefficient (Wildman–Crippen LogP) is 9.59. The molecule has 0 radical (unpaired) electrons. The molecule has 186 valence electrons. The van der Waals surface area contributed by atoms with Gasteiger partial charge < -0.3 is 0 Å². The summed E-state index contributed by atoms with van der Waals surface area (Å²) in [6.07, 6.45) is 18.8. The maximum absolute atomic E-state index is 15.1. The Bertz CT molecular complexity index is 1230. The topological polar surface area (TPSA) is 0 Å². The Kier molecular flexibility index (Phi) is 9.57. The lowest BCUT2D eigenvalue weighted by atomic mass is 9.78. The zero-order chi connectivity index (χ0) is 25.2. The third kappa shape index (κ3) is 7.20. The van der Waals surface area contributed by atoms with Crippen LogP contribution in [0.4, 0.5) is 4.39 Å². The number of benzene rings is 3. The van der Waals surface area contributed by atoms with Crippen LogP contribution in [-0.2, 0) is 12.8 Å². The molecule has 0 saturated heterocycles. The first-order valence-electron chi connectivity index (χ1n) is 13.7. The molecule has 0 unspecified atom stereocenters. The highest BCUT2D eigenvalue weighted by Crippen LogP contribution is 2.34. The Balaban J connectivity index is 1.31. The number of rotatable bonds is 9. The van der Waals surface area contributed by atoms with Crippen LogP contribution in [0.1, 0.15) is 80.5 Å². The van der Waals surface area contributed by atoms with Crippen molar-refractivity contribution in [3.8, 4) is 11.8 Å². The molecular weight excluding hydrogens is 439 g/mol. The van der Waals surface area contributed by atoms with Crippen LogP contribution < -0.4 is 0 Å². The zero-order valence-corrected chi connectivity index (χ0v) is 21.7. The largest absolute Gasteiger partial charge is 0.205 e. The molecule has 36 heavy (non-hydrogen) atoms. The molecule has 0 amide bonds. The number of hydrogen-bond acceptors (Lipinski definition) is 0. The van der Waals surface area contributed by atoms with E-state index < -0.39 is 0 Å². The van der Waals surface area contributed by atoms with Gasteiger partial charge in [-0.25, -0.2) is 4.39 Å². The van der Waals surface area contributed by atoms with Crippen LogP contribution in [0.2, 0.25) is 0 Å². The van der Waals surface area contributed by atoms with E-state index in [1.54, 1.807) is 6.07 Å². The fourth-order valence-corrected chi connectivity index (χ4v) is 5.43. The van der Waals surface area contributed by atoms with E-state index in [4.69, 9.17) is 0 Å². The van der Waals surface area contributed by atoms with E-state index in [9.17, 15) is 0 Å². The molecule has 3 aromatic rings. The van der Waals surface area contributed by atoms with Crippen LogP contribution in [-0.4, -0.2) is 0 Å². The molecule has 1 heteroatoms. The van der Waals surface area contributed by atoms with Crippen LogP contribution in [0.25, 0.3) is 10.8 Å². The zero-order valence-electron chi connectivity index (χ0n) is 21.7. The molecule has 0 nitrogen and oxygen atoms in total. The van der Waals surface area contributed by atoms with E-state index in [1.165, 1.54) is 56.1 Å². The van der Waals surface area contributed by atoms with Gasteiger partial charge >= 0.3 is 0 Å². The molecule has 1 aliphatic carbocycles. The molecule has 3 aromatic carbocycles. The first kappa shape index (κ1) is 26.0. The molecule has 0 atom stereocenters.